The van der Waals surface area contributed by atoms with Gasteiger partial charge in [-0.05, 0) is 29.7 Å². The molecule has 2 aromatic carbocycles. The van der Waals surface area contributed by atoms with Crippen molar-refractivity contribution in [2.45, 2.75) is 19.4 Å². The normalized spacial score (nSPS) is 14.2. The number of aromatic nitrogens is 3. The predicted octanol–water partition coefficient (Wildman–Crippen LogP) is 2.50. The highest BCUT2D eigenvalue weighted by Crippen LogP contribution is 2.22. The third kappa shape index (κ3) is 3.65. The van der Waals surface area contributed by atoms with Gasteiger partial charge < -0.3 is 4.90 Å². The lowest BCUT2D eigenvalue weighted by Gasteiger charge is -2.26. The molecule has 1 aromatic heterocycles. The van der Waals surface area contributed by atoms with Gasteiger partial charge in [0.05, 0.1) is 11.9 Å². The molecular formula is C21H20N4O2. The summed E-state index contributed by atoms with van der Waals surface area (Å²) >= 11 is 0. The van der Waals surface area contributed by atoms with E-state index in [1.165, 1.54) is 15.8 Å². The van der Waals surface area contributed by atoms with E-state index >= 15 is 0 Å². The van der Waals surface area contributed by atoms with Gasteiger partial charge in [-0.15, -0.1) is 5.10 Å². The van der Waals surface area contributed by atoms with E-state index in [2.05, 4.69) is 28.5 Å². The lowest BCUT2D eigenvalue weighted by molar-refractivity contribution is -0.131. The molecule has 0 bridgehead atoms. The number of aryl methyl sites for hydroxylation is 1. The third-order valence-corrected chi connectivity index (χ3v) is 4.87. The molecule has 0 atom stereocenters. The summed E-state index contributed by atoms with van der Waals surface area (Å²) in [4.78, 5) is 26.8. The second kappa shape index (κ2) is 7.53. The summed E-state index contributed by atoms with van der Waals surface area (Å²) in [6.07, 6.45) is 3.19. The van der Waals surface area contributed by atoms with E-state index in [4.69, 9.17) is 0 Å². The van der Waals surface area contributed by atoms with Crippen LogP contribution in [0.1, 0.15) is 18.4 Å². The highest BCUT2D eigenvalue weighted by molar-refractivity contribution is 5.78. The molecule has 0 saturated carbocycles. The Hall–Kier alpha value is -3.28. The first-order valence-corrected chi connectivity index (χ1v) is 9.07. The van der Waals surface area contributed by atoms with E-state index < -0.39 is 0 Å². The molecule has 6 nitrogen and oxygen atoms in total. The van der Waals surface area contributed by atoms with Crippen molar-refractivity contribution in [3.05, 3.63) is 76.6 Å². The second-order valence-electron chi connectivity index (χ2n) is 6.57. The first-order chi connectivity index (χ1) is 13.2. The van der Waals surface area contributed by atoms with Crippen LogP contribution in [0.4, 0.5) is 0 Å². The molecule has 0 saturated heterocycles. The van der Waals surface area contributed by atoms with Crippen LogP contribution in [-0.2, 0) is 11.3 Å². The summed E-state index contributed by atoms with van der Waals surface area (Å²) in [6.45, 7) is 1.53. The predicted molar refractivity (Wildman–Crippen MR) is 104 cm³/mol. The quantitative estimate of drug-likeness (QED) is 0.717. The fourth-order valence-electron chi connectivity index (χ4n) is 3.34. The second-order valence-corrected chi connectivity index (χ2v) is 6.57. The van der Waals surface area contributed by atoms with Crippen molar-refractivity contribution in [2.75, 3.05) is 13.1 Å². The number of fused-ring (bicyclic) bond motifs is 1. The van der Waals surface area contributed by atoms with Crippen LogP contribution in [0.25, 0.3) is 16.5 Å². The molecule has 4 rings (SSSR count). The topological polar surface area (TPSA) is 68.1 Å². The fraction of sp³-hybridized carbons (Fsp3) is 0.238. The monoisotopic (exact) mass is 360 g/mol. The van der Waals surface area contributed by atoms with Crippen molar-refractivity contribution in [1.29, 1.82) is 0 Å². The van der Waals surface area contributed by atoms with Gasteiger partial charge in [0.1, 0.15) is 5.52 Å². The molecule has 0 N–H and O–H groups in total. The first kappa shape index (κ1) is 17.1. The molecule has 0 aliphatic carbocycles. The smallest absolute Gasteiger partial charge is 0.277 e. The van der Waals surface area contributed by atoms with E-state index in [9.17, 15) is 9.59 Å². The molecule has 0 spiro atoms. The zero-order valence-electron chi connectivity index (χ0n) is 14.9. The van der Waals surface area contributed by atoms with Crippen LogP contribution in [0.3, 0.4) is 0 Å². The molecule has 136 valence electrons. The lowest BCUT2D eigenvalue weighted by atomic mass is 9.99. The van der Waals surface area contributed by atoms with Gasteiger partial charge in [0.15, 0.2) is 0 Å². The maximum atomic E-state index is 12.5. The molecule has 3 aromatic rings. The van der Waals surface area contributed by atoms with Crippen molar-refractivity contribution in [3.8, 4) is 0 Å². The van der Waals surface area contributed by atoms with Crippen molar-refractivity contribution >= 4 is 22.4 Å². The maximum Gasteiger partial charge on any atom is 0.277 e. The highest BCUT2D eigenvalue weighted by Gasteiger charge is 2.18. The van der Waals surface area contributed by atoms with Crippen molar-refractivity contribution in [1.82, 2.24) is 19.9 Å². The maximum absolute atomic E-state index is 12.5. The summed E-state index contributed by atoms with van der Waals surface area (Å²) in [5.74, 6) is 0.0280. The Morgan fingerprint density at radius 2 is 1.81 bits per heavy atom. The van der Waals surface area contributed by atoms with E-state index in [1.54, 1.807) is 18.2 Å². The van der Waals surface area contributed by atoms with Crippen LogP contribution in [0.5, 0.6) is 0 Å². The van der Waals surface area contributed by atoms with E-state index in [0.29, 0.717) is 24.0 Å². The number of amides is 1. The van der Waals surface area contributed by atoms with Gasteiger partial charge >= 0.3 is 0 Å². The summed E-state index contributed by atoms with van der Waals surface area (Å²) < 4.78 is 1.27. The number of carbonyl (C=O) groups is 1. The Morgan fingerprint density at radius 1 is 1.04 bits per heavy atom. The Balaban J connectivity index is 1.40. The summed E-state index contributed by atoms with van der Waals surface area (Å²) in [6, 6.07) is 17.3. The van der Waals surface area contributed by atoms with Crippen LogP contribution in [0.2, 0.25) is 0 Å². The van der Waals surface area contributed by atoms with Crippen molar-refractivity contribution in [2.24, 2.45) is 0 Å². The summed E-state index contributed by atoms with van der Waals surface area (Å²) in [5, 5.41) is 8.52. The van der Waals surface area contributed by atoms with E-state index in [-0.39, 0.29) is 24.4 Å². The molecule has 1 aliphatic rings. The summed E-state index contributed by atoms with van der Waals surface area (Å²) in [5.41, 5.74) is 2.84. The van der Waals surface area contributed by atoms with Gasteiger partial charge in [-0.1, -0.05) is 53.8 Å². The number of hydrogen-bond acceptors (Lipinski definition) is 4. The number of benzene rings is 2. The van der Waals surface area contributed by atoms with Gasteiger partial charge in [0, 0.05) is 19.5 Å². The minimum Gasteiger partial charge on any atom is -0.339 e. The van der Waals surface area contributed by atoms with Gasteiger partial charge in [0.25, 0.3) is 5.56 Å². The zero-order chi connectivity index (χ0) is 18.6. The zero-order valence-corrected chi connectivity index (χ0v) is 14.9. The molecule has 0 unspecified atom stereocenters. The summed E-state index contributed by atoms with van der Waals surface area (Å²) in [7, 11) is 0. The van der Waals surface area contributed by atoms with E-state index in [1.807, 2.05) is 29.2 Å². The van der Waals surface area contributed by atoms with Crippen LogP contribution in [-0.4, -0.2) is 38.9 Å². The first-order valence-electron chi connectivity index (χ1n) is 9.07. The van der Waals surface area contributed by atoms with Crippen LogP contribution in [0.15, 0.2) is 65.5 Å². The van der Waals surface area contributed by atoms with Gasteiger partial charge in [-0.2, -0.15) is 0 Å². The number of rotatable bonds is 4. The number of nitrogens with zero attached hydrogens (tertiary/aromatic N) is 4. The van der Waals surface area contributed by atoms with Gasteiger partial charge in [-0.25, -0.2) is 4.68 Å². The average Bonchev–Trinajstić information content (AvgIpc) is 2.74. The van der Waals surface area contributed by atoms with Crippen molar-refractivity contribution < 1.29 is 4.79 Å². The molecule has 1 aliphatic heterocycles. The average molecular weight is 360 g/mol. The molecule has 0 fully saturated rings. The van der Waals surface area contributed by atoms with Crippen LogP contribution in [0, 0.1) is 0 Å². The Morgan fingerprint density at radius 3 is 2.59 bits per heavy atom. The molecule has 0 radical (unpaired) electrons. The number of carbonyl (C=O) groups excluding carboxylic acids is 1. The SMILES string of the molecule is O=C(CCn1nnc2ccccc2c1=O)N1CC=C(c2ccccc2)CC1. The van der Waals surface area contributed by atoms with Crippen LogP contribution < -0.4 is 5.56 Å². The van der Waals surface area contributed by atoms with Crippen LogP contribution >= 0.6 is 0 Å². The Bertz CT molecular complexity index is 1060. The highest BCUT2D eigenvalue weighted by atomic mass is 16.2. The molecule has 1 amide bonds. The standard InChI is InChI=1S/C21H20N4O2/c26-20(24-13-10-17(11-14-24)16-6-2-1-3-7-16)12-15-25-21(27)18-8-4-5-9-19(18)22-23-25/h1-10H,11-15H2. The number of hydrogen-bond donors (Lipinski definition) is 0. The van der Waals surface area contributed by atoms with Gasteiger partial charge in [-0.3, -0.25) is 9.59 Å². The van der Waals surface area contributed by atoms with Gasteiger partial charge in [0.2, 0.25) is 5.91 Å². The lowest BCUT2D eigenvalue weighted by Crippen LogP contribution is -2.36. The Kier molecular flexibility index (Phi) is 4.78. The largest absolute Gasteiger partial charge is 0.339 e. The third-order valence-electron chi connectivity index (χ3n) is 4.87. The molecule has 2 heterocycles. The molecule has 6 heteroatoms. The van der Waals surface area contributed by atoms with Crippen molar-refractivity contribution in [3.63, 3.8) is 0 Å². The minimum absolute atomic E-state index is 0.0280. The fourth-order valence-corrected chi connectivity index (χ4v) is 3.34. The minimum atomic E-state index is -0.210. The molecular weight excluding hydrogens is 340 g/mol. The van der Waals surface area contributed by atoms with E-state index in [0.717, 1.165) is 6.42 Å². The Labute approximate surface area is 156 Å². The molecule has 27 heavy (non-hydrogen) atoms.